The van der Waals surface area contributed by atoms with Crippen molar-refractivity contribution >= 4 is 38.4 Å². The second-order valence-electron chi connectivity index (χ2n) is 8.07. The van der Waals surface area contributed by atoms with E-state index in [1.807, 2.05) is 32.0 Å². The van der Waals surface area contributed by atoms with E-state index in [9.17, 15) is 14.4 Å². The van der Waals surface area contributed by atoms with Gasteiger partial charge in [0.2, 0.25) is 5.91 Å². The smallest absolute Gasteiger partial charge is 0.333 e. The van der Waals surface area contributed by atoms with Gasteiger partial charge >= 0.3 is 5.69 Å². The summed E-state index contributed by atoms with van der Waals surface area (Å²) in [5, 5.41) is 3.61. The summed E-state index contributed by atoms with van der Waals surface area (Å²) >= 11 is 1.28. The number of thiazole rings is 1. The Morgan fingerprint density at radius 2 is 1.94 bits per heavy atom. The van der Waals surface area contributed by atoms with E-state index >= 15 is 0 Å². The number of carbonyl (C=O) groups excluding carboxylic acids is 1. The Kier molecular flexibility index (Phi) is 6.27. The average molecular weight is 454 g/mol. The van der Waals surface area contributed by atoms with Gasteiger partial charge in [-0.3, -0.25) is 18.7 Å². The number of allylic oxidation sites excluding steroid dienone is 1. The minimum atomic E-state index is -0.561. The first-order valence-electron chi connectivity index (χ1n) is 10.8. The zero-order chi connectivity index (χ0) is 22.8. The molecule has 1 fully saturated rings. The van der Waals surface area contributed by atoms with Gasteiger partial charge in [0.1, 0.15) is 11.2 Å². The van der Waals surface area contributed by atoms with E-state index in [0.717, 1.165) is 46.8 Å². The van der Waals surface area contributed by atoms with Gasteiger partial charge < -0.3 is 10.2 Å². The van der Waals surface area contributed by atoms with Gasteiger partial charge in [-0.15, -0.1) is 6.58 Å². The quantitative estimate of drug-likeness (QED) is 0.580. The van der Waals surface area contributed by atoms with E-state index in [2.05, 4.69) is 21.8 Å². The SMILES string of the molecule is C=CCn1c(=O)c2sc(N3CCCCC3)nc2n(CC(=O)Nc2cccc(C)c2C)c1=O. The Morgan fingerprint density at radius 3 is 2.66 bits per heavy atom. The molecule has 1 aliphatic heterocycles. The van der Waals surface area contributed by atoms with Gasteiger partial charge in [0.25, 0.3) is 5.56 Å². The van der Waals surface area contributed by atoms with E-state index in [1.165, 1.54) is 28.4 Å². The molecule has 0 saturated carbocycles. The van der Waals surface area contributed by atoms with Crippen molar-refractivity contribution in [2.24, 2.45) is 0 Å². The molecule has 0 bridgehead atoms. The summed E-state index contributed by atoms with van der Waals surface area (Å²) in [6, 6.07) is 5.67. The lowest BCUT2D eigenvalue weighted by Gasteiger charge is -2.25. The number of anilines is 2. The Morgan fingerprint density at radius 1 is 1.19 bits per heavy atom. The number of nitrogens with zero attached hydrogens (tertiary/aromatic N) is 4. The first-order valence-corrected chi connectivity index (χ1v) is 11.6. The summed E-state index contributed by atoms with van der Waals surface area (Å²) in [6.07, 6.45) is 4.82. The zero-order valence-electron chi connectivity index (χ0n) is 18.4. The van der Waals surface area contributed by atoms with Gasteiger partial charge in [-0.2, -0.15) is 0 Å². The van der Waals surface area contributed by atoms with Crippen LogP contribution in [-0.4, -0.2) is 33.1 Å². The third-order valence-electron chi connectivity index (χ3n) is 5.87. The van der Waals surface area contributed by atoms with Crippen LogP contribution in [0.1, 0.15) is 30.4 Å². The summed E-state index contributed by atoms with van der Waals surface area (Å²) < 4.78 is 2.79. The largest absolute Gasteiger partial charge is 0.348 e. The van der Waals surface area contributed by atoms with Crippen molar-refractivity contribution in [3.63, 3.8) is 0 Å². The molecule has 4 rings (SSSR count). The number of fused-ring (bicyclic) bond motifs is 1. The highest BCUT2D eigenvalue weighted by molar-refractivity contribution is 7.22. The maximum Gasteiger partial charge on any atom is 0.333 e. The maximum absolute atomic E-state index is 13.1. The number of carbonyl (C=O) groups is 1. The number of hydrogen-bond acceptors (Lipinski definition) is 6. The van der Waals surface area contributed by atoms with Crippen molar-refractivity contribution in [2.75, 3.05) is 23.3 Å². The third-order valence-corrected chi connectivity index (χ3v) is 6.97. The average Bonchev–Trinajstić information content (AvgIpc) is 3.24. The lowest BCUT2D eigenvalue weighted by atomic mass is 10.1. The van der Waals surface area contributed by atoms with Crippen LogP contribution in [0.2, 0.25) is 0 Å². The number of nitrogens with one attached hydrogen (secondary N) is 1. The van der Waals surface area contributed by atoms with Crippen LogP contribution < -0.4 is 21.5 Å². The Balaban J connectivity index is 1.76. The molecule has 0 atom stereocenters. The van der Waals surface area contributed by atoms with Gasteiger partial charge in [-0.05, 0) is 50.3 Å². The summed E-state index contributed by atoms with van der Waals surface area (Å²) in [5.74, 6) is -0.349. The molecule has 168 valence electrons. The predicted molar refractivity (Wildman–Crippen MR) is 129 cm³/mol. The predicted octanol–water partition coefficient (Wildman–Crippen LogP) is 3.05. The number of amides is 1. The second-order valence-corrected chi connectivity index (χ2v) is 9.04. The third kappa shape index (κ3) is 4.12. The molecule has 2 aromatic heterocycles. The zero-order valence-corrected chi connectivity index (χ0v) is 19.2. The molecule has 3 heterocycles. The van der Waals surface area contributed by atoms with Crippen LogP contribution in [-0.2, 0) is 17.9 Å². The fraction of sp³-hybridized carbons (Fsp3) is 0.391. The molecule has 1 N–H and O–H groups in total. The van der Waals surface area contributed by atoms with Crippen LogP contribution in [0.4, 0.5) is 10.8 Å². The van der Waals surface area contributed by atoms with Crippen molar-refractivity contribution in [2.45, 2.75) is 46.2 Å². The van der Waals surface area contributed by atoms with Crippen molar-refractivity contribution in [1.82, 2.24) is 14.1 Å². The van der Waals surface area contributed by atoms with Crippen LogP contribution in [0.15, 0.2) is 40.4 Å². The van der Waals surface area contributed by atoms with Crippen LogP contribution in [0.3, 0.4) is 0 Å². The Hall–Kier alpha value is -3.20. The molecule has 3 aromatic rings. The lowest BCUT2D eigenvalue weighted by Crippen LogP contribution is -2.41. The van der Waals surface area contributed by atoms with Crippen LogP contribution in [0.5, 0.6) is 0 Å². The molecule has 9 heteroatoms. The second kappa shape index (κ2) is 9.12. The van der Waals surface area contributed by atoms with Crippen LogP contribution >= 0.6 is 11.3 Å². The molecular formula is C23H27N5O3S. The number of hydrogen-bond donors (Lipinski definition) is 1. The highest BCUT2D eigenvalue weighted by atomic mass is 32.1. The van der Waals surface area contributed by atoms with Crippen molar-refractivity contribution in [3.05, 3.63) is 62.8 Å². The van der Waals surface area contributed by atoms with E-state index in [-0.39, 0.29) is 24.6 Å². The fourth-order valence-corrected chi connectivity index (χ4v) is 5.01. The first kappa shape index (κ1) is 22.0. The monoisotopic (exact) mass is 453 g/mol. The molecule has 32 heavy (non-hydrogen) atoms. The van der Waals surface area contributed by atoms with E-state index in [4.69, 9.17) is 0 Å². The lowest BCUT2D eigenvalue weighted by molar-refractivity contribution is -0.116. The first-order chi connectivity index (χ1) is 15.4. The Bertz CT molecular complexity index is 1300. The normalized spacial score (nSPS) is 14.0. The minimum absolute atomic E-state index is 0.0726. The van der Waals surface area contributed by atoms with Crippen molar-refractivity contribution < 1.29 is 4.79 Å². The fourth-order valence-electron chi connectivity index (χ4n) is 3.94. The summed E-state index contributed by atoms with van der Waals surface area (Å²) in [7, 11) is 0. The number of aromatic nitrogens is 3. The molecule has 0 radical (unpaired) electrons. The molecular weight excluding hydrogens is 426 g/mol. The number of piperidine rings is 1. The van der Waals surface area contributed by atoms with Gasteiger partial charge in [-0.25, -0.2) is 9.78 Å². The van der Waals surface area contributed by atoms with Gasteiger partial charge in [0.05, 0.1) is 0 Å². The van der Waals surface area contributed by atoms with Gasteiger partial charge in [0.15, 0.2) is 10.8 Å². The highest BCUT2D eigenvalue weighted by Gasteiger charge is 2.22. The number of rotatable bonds is 6. The molecule has 1 aliphatic rings. The summed E-state index contributed by atoms with van der Waals surface area (Å²) in [5.41, 5.74) is 2.04. The maximum atomic E-state index is 13.1. The van der Waals surface area contributed by atoms with Gasteiger partial charge in [0, 0.05) is 25.3 Å². The van der Waals surface area contributed by atoms with Crippen molar-refractivity contribution in [3.8, 4) is 0 Å². The van der Waals surface area contributed by atoms with E-state index in [0.29, 0.717) is 10.4 Å². The molecule has 0 spiro atoms. The topological polar surface area (TPSA) is 89.2 Å². The van der Waals surface area contributed by atoms with E-state index in [1.54, 1.807) is 0 Å². The Labute approximate surface area is 189 Å². The number of benzene rings is 1. The van der Waals surface area contributed by atoms with Gasteiger partial charge in [-0.1, -0.05) is 29.5 Å². The van der Waals surface area contributed by atoms with Crippen molar-refractivity contribution in [1.29, 1.82) is 0 Å². The molecule has 0 unspecified atom stereocenters. The highest BCUT2D eigenvalue weighted by Crippen LogP contribution is 2.28. The molecule has 1 saturated heterocycles. The minimum Gasteiger partial charge on any atom is -0.348 e. The molecule has 0 aliphatic carbocycles. The standard InChI is InChI=1S/C23H27N5O3S/c1-4-11-27-21(30)19-20(25-22(32-19)26-12-6-5-7-13-26)28(23(27)31)14-18(29)24-17-10-8-9-15(2)16(17)3/h4,8-10H,1,5-7,11-14H2,2-3H3,(H,24,29). The summed E-state index contributed by atoms with van der Waals surface area (Å²) in [4.78, 5) is 45.8. The molecule has 1 aromatic carbocycles. The molecule has 8 nitrogen and oxygen atoms in total. The number of aryl methyl sites for hydroxylation is 1. The summed E-state index contributed by atoms with van der Waals surface area (Å²) in [6.45, 7) is 9.15. The van der Waals surface area contributed by atoms with Crippen LogP contribution in [0, 0.1) is 13.8 Å². The van der Waals surface area contributed by atoms with Crippen LogP contribution in [0.25, 0.3) is 10.3 Å². The molecule has 1 amide bonds. The van der Waals surface area contributed by atoms with E-state index < -0.39 is 11.2 Å².